The van der Waals surface area contributed by atoms with E-state index in [0.717, 1.165) is 33.4 Å². The monoisotopic (exact) mass is 554 g/mol. The van der Waals surface area contributed by atoms with Gasteiger partial charge in [0.05, 0.1) is 0 Å². The molecule has 0 saturated carbocycles. The van der Waals surface area contributed by atoms with E-state index >= 15 is 0 Å². The van der Waals surface area contributed by atoms with Crippen LogP contribution in [0.4, 0.5) is 0 Å². The van der Waals surface area contributed by atoms with Crippen LogP contribution in [0.5, 0.6) is 0 Å². The number of hydrogen-bond acceptors (Lipinski definition) is 2. The molecule has 0 aliphatic heterocycles. The highest BCUT2D eigenvalue weighted by Gasteiger charge is 2.13. The van der Waals surface area contributed by atoms with Crippen molar-refractivity contribution in [2.75, 3.05) is 0 Å². The van der Waals surface area contributed by atoms with E-state index in [1.165, 1.54) is 67.2 Å². The van der Waals surface area contributed by atoms with Crippen LogP contribution >= 0.6 is 15.9 Å². The van der Waals surface area contributed by atoms with Gasteiger partial charge in [0.15, 0.2) is 5.82 Å². The first-order valence-electron chi connectivity index (χ1n) is 13.9. The number of halogens is 1. The number of hydrogen-bond donors (Lipinski definition) is 0. The molecule has 0 radical (unpaired) electrons. The van der Waals surface area contributed by atoms with Gasteiger partial charge in [0.25, 0.3) is 0 Å². The average Bonchev–Trinajstić information content (AvgIpc) is 2.94. The van der Waals surface area contributed by atoms with Crippen LogP contribution < -0.4 is 0 Å². The molecule has 3 aromatic carbocycles. The zero-order chi connectivity index (χ0) is 26.0. The Balaban J connectivity index is 1.43. The van der Waals surface area contributed by atoms with Crippen molar-refractivity contribution in [1.82, 2.24) is 9.97 Å². The lowest BCUT2D eigenvalue weighted by atomic mass is 9.91. The van der Waals surface area contributed by atoms with Gasteiger partial charge in [0.1, 0.15) is 0 Å². The molecule has 0 aliphatic rings. The molecule has 0 bridgehead atoms. The molecule has 1 aromatic heterocycles. The normalized spacial score (nSPS) is 12.0. The Labute approximate surface area is 231 Å². The first-order valence-corrected chi connectivity index (χ1v) is 14.7. The van der Waals surface area contributed by atoms with Gasteiger partial charge in [-0.25, -0.2) is 9.97 Å². The molecule has 0 spiro atoms. The predicted molar refractivity (Wildman–Crippen MR) is 161 cm³/mol. The standard InChI is InChI=1S/C34H39BrN2/c1-4-6-8-10-26-12-16-28(17-13-26)25(3)30-20-21-32(33(35)22-30)34-36-23-31(24-37-34)29-18-14-27(15-19-29)11-9-7-5-2/h12-25H,4-11H2,1-3H3. The summed E-state index contributed by atoms with van der Waals surface area (Å²) in [7, 11) is 0. The molecule has 2 nitrogen and oxygen atoms in total. The summed E-state index contributed by atoms with van der Waals surface area (Å²) in [5, 5.41) is 0. The summed E-state index contributed by atoms with van der Waals surface area (Å²) in [5.41, 5.74) is 8.68. The van der Waals surface area contributed by atoms with E-state index < -0.39 is 0 Å². The Morgan fingerprint density at radius 2 is 1.19 bits per heavy atom. The fraction of sp³-hybridized carbons (Fsp3) is 0.353. The molecule has 3 heteroatoms. The van der Waals surface area contributed by atoms with Crippen molar-refractivity contribution < 1.29 is 0 Å². The van der Waals surface area contributed by atoms with Crippen molar-refractivity contribution in [1.29, 1.82) is 0 Å². The van der Waals surface area contributed by atoms with Gasteiger partial charge in [-0.2, -0.15) is 0 Å². The second-order valence-electron chi connectivity index (χ2n) is 10.1. The van der Waals surface area contributed by atoms with Gasteiger partial charge in [-0.1, -0.05) is 117 Å². The van der Waals surface area contributed by atoms with Gasteiger partial charge >= 0.3 is 0 Å². The Kier molecular flexibility index (Phi) is 10.1. The molecule has 1 heterocycles. The van der Waals surface area contributed by atoms with E-state index in [-0.39, 0.29) is 0 Å². The van der Waals surface area contributed by atoms with Crippen LogP contribution in [0, 0.1) is 0 Å². The van der Waals surface area contributed by atoms with E-state index in [4.69, 9.17) is 9.97 Å². The van der Waals surface area contributed by atoms with Crippen molar-refractivity contribution >= 4 is 15.9 Å². The van der Waals surface area contributed by atoms with E-state index in [1.807, 2.05) is 12.4 Å². The Hall–Kier alpha value is -2.78. The van der Waals surface area contributed by atoms with E-state index in [2.05, 4.69) is 103 Å². The van der Waals surface area contributed by atoms with E-state index in [9.17, 15) is 0 Å². The van der Waals surface area contributed by atoms with Crippen LogP contribution in [0.3, 0.4) is 0 Å². The molecule has 192 valence electrons. The summed E-state index contributed by atoms with van der Waals surface area (Å²) >= 11 is 3.79. The lowest BCUT2D eigenvalue weighted by Gasteiger charge is -2.15. The van der Waals surface area contributed by atoms with Crippen molar-refractivity contribution in [2.24, 2.45) is 0 Å². The molecule has 4 aromatic rings. The second kappa shape index (κ2) is 13.7. The molecule has 0 amide bonds. The number of benzene rings is 3. The van der Waals surface area contributed by atoms with Crippen LogP contribution in [-0.2, 0) is 12.8 Å². The van der Waals surface area contributed by atoms with Crippen LogP contribution in [0.15, 0.2) is 83.6 Å². The third-order valence-corrected chi connectivity index (χ3v) is 7.95. The number of unbranched alkanes of at least 4 members (excludes halogenated alkanes) is 4. The summed E-state index contributed by atoms with van der Waals surface area (Å²) in [6.45, 7) is 6.77. The highest BCUT2D eigenvalue weighted by Crippen LogP contribution is 2.32. The fourth-order valence-corrected chi connectivity index (χ4v) is 5.36. The lowest BCUT2D eigenvalue weighted by Crippen LogP contribution is -1.98. The zero-order valence-corrected chi connectivity index (χ0v) is 24.1. The zero-order valence-electron chi connectivity index (χ0n) is 22.5. The van der Waals surface area contributed by atoms with Crippen LogP contribution in [0.2, 0.25) is 0 Å². The molecule has 37 heavy (non-hydrogen) atoms. The quantitative estimate of drug-likeness (QED) is 0.163. The first-order chi connectivity index (χ1) is 18.1. The topological polar surface area (TPSA) is 25.8 Å². The SMILES string of the molecule is CCCCCc1ccc(-c2cnc(-c3ccc(C(C)c4ccc(CCCCC)cc4)cc3Br)nc2)cc1. The summed E-state index contributed by atoms with van der Waals surface area (Å²) in [4.78, 5) is 9.40. The van der Waals surface area contributed by atoms with Crippen molar-refractivity contribution in [3.8, 4) is 22.5 Å². The third-order valence-electron chi connectivity index (χ3n) is 7.29. The van der Waals surface area contributed by atoms with Crippen LogP contribution in [0.25, 0.3) is 22.5 Å². The minimum Gasteiger partial charge on any atom is -0.236 e. The molecule has 0 saturated heterocycles. The van der Waals surface area contributed by atoms with E-state index in [1.54, 1.807) is 0 Å². The predicted octanol–water partition coefficient (Wildman–Crippen LogP) is 10.2. The first kappa shape index (κ1) is 27.3. The van der Waals surface area contributed by atoms with Crippen molar-refractivity contribution in [3.63, 3.8) is 0 Å². The fourth-order valence-electron chi connectivity index (χ4n) is 4.79. The lowest BCUT2D eigenvalue weighted by molar-refractivity contribution is 0.717. The highest BCUT2D eigenvalue weighted by atomic mass is 79.9. The highest BCUT2D eigenvalue weighted by molar-refractivity contribution is 9.10. The van der Waals surface area contributed by atoms with Gasteiger partial charge in [-0.05, 0) is 65.6 Å². The maximum absolute atomic E-state index is 4.70. The molecule has 0 fully saturated rings. The number of nitrogens with zero attached hydrogens (tertiary/aromatic N) is 2. The summed E-state index contributed by atoms with van der Waals surface area (Å²) in [6.07, 6.45) is 13.8. The second-order valence-corrected chi connectivity index (χ2v) is 11.0. The maximum Gasteiger partial charge on any atom is 0.160 e. The average molecular weight is 556 g/mol. The van der Waals surface area contributed by atoms with Crippen LogP contribution in [0.1, 0.15) is 87.5 Å². The minimum absolute atomic E-state index is 0.322. The smallest absolute Gasteiger partial charge is 0.160 e. The Morgan fingerprint density at radius 3 is 1.73 bits per heavy atom. The largest absolute Gasteiger partial charge is 0.236 e. The molecule has 0 aliphatic carbocycles. The summed E-state index contributed by atoms with van der Waals surface area (Å²) in [5.74, 6) is 1.06. The van der Waals surface area contributed by atoms with Gasteiger partial charge < -0.3 is 0 Å². The van der Waals surface area contributed by atoms with Gasteiger partial charge in [-0.15, -0.1) is 0 Å². The molecule has 0 N–H and O–H groups in total. The minimum atomic E-state index is 0.322. The summed E-state index contributed by atoms with van der Waals surface area (Å²) < 4.78 is 1.03. The molecule has 1 atom stereocenters. The van der Waals surface area contributed by atoms with Crippen molar-refractivity contribution in [3.05, 3.63) is 106 Å². The molecular weight excluding hydrogens is 516 g/mol. The summed E-state index contributed by atoms with van der Waals surface area (Å²) in [6, 6.07) is 24.5. The Morgan fingerprint density at radius 1 is 0.649 bits per heavy atom. The number of rotatable bonds is 12. The third kappa shape index (κ3) is 7.38. The van der Waals surface area contributed by atoms with Gasteiger partial charge in [0.2, 0.25) is 0 Å². The molecule has 1 unspecified atom stereocenters. The number of aryl methyl sites for hydroxylation is 2. The number of aromatic nitrogens is 2. The van der Waals surface area contributed by atoms with Gasteiger partial charge in [0, 0.05) is 33.9 Å². The molecular formula is C34H39BrN2. The van der Waals surface area contributed by atoms with Crippen molar-refractivity contribution in [2.45, 2.75) is 78.1 Å². The Bertz CT molecular complexity index is 1240. The van der Waals surface area contributed by atoms with E-state index in [0.29, 0.717) is 5.92 Å². The van der Waals surface area contributed by atoms with Crippen LogP contribution in [-0.4, -0.2) is 9.97 Å². The van der Waals surface area contributed by atoms with Gasteiger partial charge in [-0.3, -0.25) is 0 Å². The molecule has 4 rings (SSSR count). The maximum atomic E-state index is 4.70.